The molecule has 1 fully saturated rings. The second-order valence-corrected chi connectivity index (χ2v) is 6.74. The predicted octanol–water partition coefficient (Wildman–Crippen LogP) is 3.78. The summed E-state index contributed by atoms with van der Waals surface area (Å²) in [6, 6.07) is 8.33. The first kappa shape index (κ1) is 16.7. The quantitative estimate of drug-likeness (QED) is 0.777. The summed E-state index contributed by atoms with van der Waals surface area (Å²) < 4.78 is 13.4. The number of H-pyrrole nitrogens is 1. The van der Waals surface area contributed by atoms with Crippen LogP contribution in [0.2, 0.25) is 0 Å². The molecule has 0 bridgehead atoms. The maximum Gasteiger partial charge on any atom is 0.223 e. The third-order valence-corrected chi connectivity index (χ3v) is 4.95. The van der Waals surface area contributed by atoms with Crippen molar-refractivity contribution in [2.45, 2.75) is 38.1 Å². The monoisotopic (exact) mass is 352 g/mol. The van der Waals surface area contributed by atoms with E-state index in [1.54, 1.807) is 18.5 Å². The molecule has 1 atom stereocenters. The van der Waals surface area contributed by atoms with Gasteiger partial charge in [-0.3, -0.25) is 9.78 Å². The number of carbonyl (C=O) groups is 1. The van der Waals surface area contributed by atoms with Gasteiger partial charge in [0.15, 0.2) is 0 Å². The number of aromatic nitrogens is 3. The van der Waals surface area contributed by atoms with Gasteiger partial charge in [-0.2, -0.15) is 0 Å². The Balaban J connectivity index is 1.52. The van der Waals surface area contributed by atoms with Crippen molar-refractivity contribution in [3.05, 3.63) is 59.9 Å². The van der Waals surface area contributed by atoms with E-state index in [4.69, 9.17) is 0 Å². The van der Waals surface area contributed by atoms with Gasteiger partial charge in [-0.05, 0) is 55.5 Å². The highest BCUT2D eigenvalue weighted by atomic mass is 19.1. The van der Waals surface area contributed by atoms with E-state index < -0.39 is 0 Å². The highest BCUT2D eigenvalue weighted by Gasteiger charge is 2.29. The number of hydrogen-bond donors (Lipinski definition) is 1. The molecule has 0 aliphatic carbocycles. The molecule has 1 aliphatic heterocycles. The lowest BCUT2D eigenvalue weighted by Crippen LogP contribution is -2.39. The number of fused-ring (bicyclic) bond motifs is 1. The Kier molecular flexibility index (Phi) is 4.65. The molecular formula is C20H21FN4O. The highest BCUT2D eigenvalue weighted by Crippen LogP contribution is 2.31. The van der Waals surface area contributed by atoms with Crippen molar-refractivity contribution in [3.8, 4) is 0 Å². The number of rotatable bonds is 4. The average molecular weight is 352 g/mol. The van der Waals surface area contributed by atoms with Crippen molar-refractivity contribution in [2.24, 2.45) is 0 Å². The Labute approximate surface area is 151 Å². The largest absolute Gasteiger partial charge is 0.340 e. The summed E-state index contributed by atoms with van der Waals surface area (Å²) in [6.07, 6.45) is 7.61. The van der Waals surface area contributed by atoms with E-state index in [0.717, 1.165) is 42.7 Å². The summed E-state index contributed by atoms with van der Waals surface area (Å²) >= 11 is 0. The Morgan fingerprint density at radius 1 is 1.31 bits per heavy atom. The molecular weight excluding hydrogens is 331 g/mol. The van der Waals surface area contributed by atoms with Gasteiger partial charge in [-0.1, -0.05) is 6.07 Å². The van der Waals surface area contributed by atoms with Crippen LogP contribution in [-0.4, -0.2) is 32.3 Å². The van der Waals surface area contributed by atoms with Crippen molar-refractivity contribution in [1.82, 2.24) is 19.9 Å². The summed E-state index contributed by atoms with van der Waals surface area (Å²) in [6.45, 7) is 0.738. The molecule has 26 heavy (non-hydrogen) atoms. The molecule has 1 saturated heterocycles. The Bertz CT molecular complexity index is 909. The molecule has 3 aromatic rings. The zero-order chi connectivity index (χ0) is 17.9. The minimum atomic E-state index is -0.291. The number of nitrogens with one attached hydrogen (secondary N) is 1. The van der Waals surface area contributed by atoms with Gasteiger partial charge in [-0.15, -0.1) is 0 Å². The molecule has 0 radical (unpaired) electrons. The standard InChI is InChI=1S/C20H21FN4O/c21-15-7-8-16-17(12-15)24-20(23-16)18-5-1-2-11-25(18)19(26)9-6-14-4-3-10-22-13-14/h3-4,7-8,10,12-13,18H,1-2,5-6,9,11H2,(H,23,24)/t18-/m1/s1. The number of amides is 1. The molecule has 0 spiro atoms. The number of imidazole rings is 1. The van der Waals surface area contributed by atoms with Gasteiger partial charge in [0, 0.05) is 25.4 Å². The van der Waals surface area contributed by atoms with Gasteiger partial charge in [0.05, 0.1) is 17.1 Å². The molecule has 3 heterocycles. The minimum absolute atomic E-state index is 0.0689. The number of carbonyl (C=O) groups excluding carboxylic acids is 1. The van der Waals surface area contributed by atoms with E-state index in [1.165, 1.54) is 12.1 Å². The lowest BCUT2D eigenvalue weighted by atomic mass is 10.0. The molecule has 1 aliphatic rings. The van der Waals surface area contributed by atoms with Crippen molar-refractivity contribution < 1.29 is 9.18 Å². The first-order valence-corrected chi connectivity index (χ1v) is 9.04. The molecule has 4 rings (SSSR count). The van der Waals surface area contributed by atoms with E-state index in [1.807, 2.05) is 17.0 Å². The number of benzene rings is 1. The van der Waals surface area contributed by atoms with Gasteiger partial charge >= 0.3 is 0 Å². The number of halogens is 1. The number of aryl methyl sites for hydroxylation is 1. The summed E-state index contributed by atoms with van der Waals surface area (Å²) in [5.41, 5.74) is 2.47. The summed E-state index contributed by atoms with van der Waals surface area (Å²) in [4.78, 5) is 26.7. The molecule has 2 aromatic heterocycles. The molecule has 1 amide bonds. The number of piperidine rings is 1. The predicted molar refractivity (Wildman–Crippen MR) is 96.9 cm³/mol. The molecule has 6 heteroatoms. The van der Waals surface area contributed by atoms with Crippen LogP contribution < -0.4 is 0 Å². The first-order valence-electron chi connectivity index (χ1n) is 9.04. The minimum Gasteiger partial charge on any atom is -0.340 e. The fraction of sp³-hybridized carbons (Fsp3) is 0.350. The van der Waals surface area contributed by atoms with Crippen LogP contribution in [0.15, 0.2) is 42.7 Å². The Morgan fingerprint density at radius 2 is 2.23 bits per heavy atom. The van der Waals surface area contributed by atoms with E-state index in [2.05, 4.69) is 15.0 Å². The van der Waals surface area contributed by atoms with Crippen LogP contribution in [0.5, 0.6) is 0 Å². The lowest BCUT2D eigenvalue weighted by Gasteiger charge is -2.34. The summed E-state index contributed by atoms with van der Waals surface area (Å²) in [5.74, 6) is 0.589. The number of pyridine rings is 1. The van der Waals surface area contributed by atoms with Gasteiger partial charge in [0.1, 0.15) is 11.6 Å². The summed E-state index contributed by atoms with van der Waals surface area (Å²) in [7, 11) is 0. The summed E-state index contributed by atoms with van der Waals surface area (Å²) in [5, 5.41) is 0. The smallest absolute Gasteiger partial charge is 0.223 e. The van der Waals surface area contributed by atoms with Crippen LogP contribution in [0.1, 0.15) is 43.1 Å². The van der Waals surface area contributed by atoms with Gasteiger partial charge in [0.2, 0.25) is 5.91 Å². The van der Waals surface area contributed by atoms with Crippen molar-refractivity contribution in [1.29, 1.82) is 0 Å². The zero-order valence-electron chi connectivity index (χ0n) is 14.5. The van der Waals surface area contributed by atoms with Crippen LogP contribution >= 0.6 is 0 Å². The van der Waals surface area contributed by atoms with Crippen molar-refractivity contribution in [3.63, 3.8) is 0 Å². The molecule has 0 saturated carbocycles. The molecule has 1 aromatic carbocycles. The maximum atomic E-state index is 13.4. The van der Waals surface area contributed by atoms with E-state index in [0.29, 0.717) is 18.4 Å². The van der Waals surface area contributed by atoms with E-state index in [-0.39, 0.29) is 17.8 Å². The molecule has 134 valence electrons. The third-order valence-electron chi connectivity index (χ3n) is 4.95. The second kappa shape index (κ2) is 7.23. The Hall–Kier alpha value is -2.76. The Morgan fingerprint density at radius 3 is 3.08 bits per heavy atom. The molecule has 5 nitrogen and oxygen atoms in total. The normalized spacial score (nSPS) is 17.6. The maximum absolute atomic E-state index is 13.4. The third kappa shape index (κ3) is 3.45. The van der Waals surface area contributed by atoms with Crippen molar-refractivity contribution >= 4 is 16.9 Å². The fourth-order valence-electron chi connectivity index (χ4n) is 3.61. The van der Waals surface area contributed by atoms with Crippen LogP contribution in [0, 0.1) is 5.82 Å². The van der Waals surface area contributed by atoms with Crippen molar-refractivity contribution in [2.75, 3.05) is 6.54 Å². The average Bonchev–Trinajstić information content (AvgIpc) is 3.10. The topological polar surface area (TPSA) is 61.9 Å². The van der Waals surface area contributed by atoms with Crippen LogP contribution in [0.4, 0.5) is 4.39 Å². The number of aromatic amines is 1. The SMILES string of the molecule is O=C(CCc1cccnc1)N1CCCC[C@@H]1c1nc2ccc(F)cc2[nH]1. The lowest BCUT2D eigenvalue weighted by molar-refractivity contribution is -0.135. The van der Waals surface area contributed by atoms with E-state index >= 15 is 0 Å². The molecule has 0 unspecified atom stereocenters. The second-order valence-electron chi connectivity index (χ2n) is 6.74. The van der Waals surface area contributed by atoms with Gasteiger partial charge < -0.3 is 9.88 Å². The number of likely N-dealkylation sites (tertiary alicyclic amines) is 1. The zero-order valence-corrected chi connectivity index (χ0v) is 14.5. The van der Waals surface area contributed by atoms with Crippen LogP contribution in [0.3, 0.4) is 0 Å². The van der Waals surface area contributed by atoms with Gasteiger partial charge in [-0.25, -0.2) is 9.37 Å². The van der Waals surface area contributed by atoms with E-state index in [9.17, 15) is 9.18 Å². The fourth-order valence-corrected chi connectivity index (χ4v) is 3.61. The van der Waals surface area contributed by atoms with Gasteiger partial charge in [0.25, 0.3) is 0 Å². The number of nitrogens with zero attached hydrogens (tertiary/aromatic N) is 3. The van der Waals surface area contributed by atoms with Crippen LogP contribution in [0.25, 0.3) is 11.0 Å². The first-order chi connectivity index (χ1) is 12.7. The van der Waals surface area contributed by atoms with Crippen LogP contribution in [-0.2, 0) is 11.2 Å². The number of hydrogen-bond acceptors (Lipinski definition) is 3. The highest BCUT2D eigenvalue weighted by molar-refractivity contribution is 5.78. The molecule has 1 N–H and O–H groups in total.